The van der Waals surface area contributed by atoms with Gasteiger partial charge in [0, 0.05) is 33.6 Å². The van der Waals surface area contributed by atoms with Crippen LogP contribution < -0.4 is 11.5 Å². The first-order valence-corrected chi connectivity index (χ1v) is 11.9. The fraction of sp³-hybridized carbons (Fsp3) is 0.875. The minimum Gasteiger partial charge on any atom is -0.378 e. The van der Waals surface area contributed by atoms with Gasteiger partial charge in [0.2, 0.25) is 11.8 Å². The van der Waals surface area contributed by atoms with Crippen molar-refractivity contribution in [3.05, 3.63) is 0 Å². The summed E-state index contributed by atoms with van der Waals surface area (Å²) in [5.74, 6) is 0.666. The molecule has 2 aliphatic rings. The highest BCUT2D eigenvalue weighted by Crippen LogP contribution is 2.26. The van der Waals surface area contributed by atoms with Gasteiger partial charge in [-0.25, -0.2) is 0 Å². The monoisotopic (exact) mass is 430 g/mol. The molecule has 6 nitrogen and oxygen atoms in total. The van der Waals surface area contributed by atoms with Gasteiger partial charge in [0.25, 0.3) is 0 Å². The number of ether oxygens (including phenoxy) is 1. The van der Waals surface area contributed by atoms with Crippen LogP contribution in [0.4, 0.5) is 0 Å². The fourth-order valence-electron chi connectivity index (χ4n) is 3.59. The van der Waals surface area contributed by atoms with E-state index in [1.807, 2.05) is 13.8 Å². The van der Waals surface area contributed by atoms with Crippen LogP contribution in [0.5, 0.6) is 0 Å². The van der Waals surface area contributed by atoms with Crippen molar-refractivity contribution in [2.24, 2.45) is 29.2 Å². The third kappa shape index (κ3) is 15.4. The first-order chi connectivity index (χ1) is 14.1. The maximum absolute atomic E-state index is 11.5. The highest BCUT2D eigenvalue weighted by atomic mass is 16.5. The molecule has 0 aromatic rings. The lowest BCUT2D eigenvalue weighted by molar-refractivity contribution is -0.126. The van der Waals surface area contributed by atoms with Gasteiger partial charge in [-0.3, -0.25) is 14.4 Å². The van der Waals surface area contributed by atoms with Crippen molar-refractivity contribution in [1.82, 2.24) is 0 Å². The second kappa shape index (κ2) is 17.3. The topological polar surface area (TPSA) is 112 Å². The molecule has 0 bridgehead atoms. The van der Waals surface area contributed by atoms with E-state index in [1.165, 1.54) is 51.4 Å². The van der Waals surface area contributed by atoms with Gasteiger partial charge >= 0.3 is 0 Å². The third-order valence-corrected chi connectivity index (χ3v) is 5.62. The number of nitrogens with two attached hydrogens (primary N) is 2. The van der Waals surface area contributed by atoms with E-state index in [2.05, 4.69) is 0 Å². The normalized spacial score (nSPS) is 17.5. The zero-order valence-electron chi connectivity index (χ0n) is 19.8. The van der Waals surface area contributed by atoms with E-state index in [-0.39, 0.29) is 26.5 Å². The molecule has 2 saturated carbocycles. The lowest BCUT2D eigenvalue weighted by atomic mass is 9.83. The molecular formula is C24H50N2O4. The SMILES string of the molecule is CC(C)C(=O)C1CCCCC1.CC(C)C(N)=O.NC(=O)CCCOC1CCCCC1.[HH].[HH]. The molecule has 30 heavy (non-hydrogen) atoms. The van der Waals surface area contributed by atoms with E-state index in [0.717, 1.165) is 19.3 Å². The minimum atomic E-state index is -0.241. The Balaban J connectivity index is -0.000000406. The average Bonchev–Trinajstić information content (AvgIpc) is 2.72. The van der Waals surface area contributed by atoms with E-state index in [1.54, 1.807) is 13.8 Å². The van der Waals surface area contributed by atoms with E-state index >= 15 is 0 Å². The minimum absolute atomic E-state index is 0. The predicted molar refractivity (Wildman–Crippen MR) is 126 cm³/mol. The summed E-state index contributed by atoms with van der Waals surface area (Å²) in [4.78, 5) is 31.8. The lowest BCUT2D eigenvalue weighted by Crippen LogP contribution is -2.21. The first kappa shape index (κ1) is 28.6. The van der Waals surface area contributed by atoms with E-state index in [9.17, 15) is 14.4 Å². The standard InChI is InChI=1S/C10H19NO2.C10H18O.C4H9NO.2H2/c11-10(12)7-4-8-13-9-5-2-1-3-6-9;1-8(2)10(11)9-6-4-3-5-7-9;1-3(2)4(5)6;;/h9H,1-8H2,(H2,11,12);8-9H,3-7H2,1-2H3;3H,1-2H3,(H2,5,6);2*1H. The lowest BCUT2D eigenvalue weighted by Gasteiger charge is -2.21. The number of amides is 2. The molecule has 0 atom stereocenters. The summed E-state index contributed by atoms with van der Waals surface area (Å²) in [5.41, 5.74) is 9.81. The van der Waals surface area contributed by atoms with Crippen LogP contribution in [-0.4, -0.2) is 30.3 Å². The molecule has 0 aromatic carbocycles. The smallest absolute Gasteiger partial charge is 0.219 e. The molecule has 0 saturated heterocycles. The Labute approximate surface area is 186 Å². The van der Waals surface area contributed by atoms with Crippen molar-refractivity contribution in [3.8, 4) is 0 Å². The summed E-state index contributed by atoms with van der Waals surface area (Å²) >= 11 is 0. The highest BCUT2D eigenvalue weighted by Gasteiger charge is 2.22. The third-order valence-electron chi connectivity index (χ3n) is 5.62. The first-order valence-electron chi connectivity index (χ1n) is 11.9. The Hall–Kier alpha value is -1.43. The van der Waals surface area contributed by atoms with Gasteiger partial charge < -0.3 is 16.2 Å². The van der Waals surface area contributed by atoms with Crippen molar-refractivity contribution in [2.75, 3.05) is 6.61 Å². The van der Waals surface area contributed by atoms with Crippen LogP contribution in [0.2, 0.25) is 0 Å². The van der Waals surface area contributed by atoms with E-state index < -0.39 is 0 Å². The van der Waals surface area contributed by atoms with Gasteiger partial charge in [0.05, 0.1) is 6.10 Å². The van der Waals surface area contributed by atoms with Crippen LogP contribution in [-0.2, 0) is 19.1 Å². The Morgan fingerprint density at radius 2 is 1.30 bits per heavy atom. The van der Waals surface area contributed by atoms with Crippen molar-refractivity contribution in [2.45, 2.75) is 111 Å². The van der Waals surface area contributed by atoms with Gasteiger partial charge in [-0.05, 0) is 32.1 Å². The molecule has 0 spiro atoms. The highest BCUT2D eigenvalue weighted by molar-refractivity contribution is 5.82. The second-order valence-electron chi connectivity index (χ2n) is 9.15. The van der Waals surface area contributed by atoms with Crippen molar-refractivity contribution in [3.63, 3.8) is 0 Å². The molecule has 6 heteroatoms. The summed E-state index contributed by atoms with van der Waals surface area (Å²) < 4.78 is 5.63. The van der Waals surface area contributed by atoms with Gasteiger partial charge in [-0.1, -0.05) is 66.2 Å². The predicted octanol–water partition coefficient (Wildman–Crippen LogP) is 5.01. The van der Waals surface area contributed by atoms with Gasteiger partial charge in [0.15, 0.2) is 0 Å². The van der Waals surface area contributed by atoms with Crippen molar-refractivity contribution < 1.29 is 22.0 Å². The largest absolute Gasteiger partial charge is 0.378 e. The molecule has 2 aliphatic carbocycles. The Morgan fingerprint density at radius 3 is 1.70 bits per heavy atom. The van der Waals surface area contributed by atoms with Gasteiger partial charge in [-0.15, -0.1) is 0 Å². The maximum Gasteiger partial charge on any atom is 0.219 e. The summed E-state index contributed by atoms with van der Waals surface area (Å²) in [5, 5.41) is 0. The molecule has 2 amide bonds. The molecule has 0 unspecified atom stereocenters. The molecule has 180 valence electrons. The number of hydrogen-bond acceptors (Lipinski definition) is 4. The van der Waals surface area contributed by atoms with Crippen molar-refractivity contribution in [1.29, 1.82) is 0 Å². The molecule has 0 aromatic heterocycles. The Morgan fingerprint density at radius 1 is 0.833 bits per heavy atom. The van der Waals surface area contributed by atoms with Crippen LogP contribution in [0.1, 0.15) is 108 Å². The van der Waals surface area contributed by atoms with Crippen LogP contribution in [0.3, 0.4) is 0 Å². The Bertz CT molecular complexity index is 490. The van der Waals surface area contributed by atoms with E-state index in [0.29, 0.717) is 30.8 Å². The van der Waals surface area contributed by atoms with Crippen LogP contribution in [0.15, 0.2) is 0 Å². The fourth-order valence-corrected chi connectivity index (χ4v) is 3.59. The molecule has 4 N–H and O–H groups in total. The zero-order valence-corrected chi connectivity index (χ0v) is 19.8. The number of carbonyl (C=O) groups is 3. The van der Waals surface area contributed by atoms with Gasteiger partial charge in [-0.2, -0.15) is 0 Å². The van der Waals surface area contributed by atoms with Crippen molar-refractivity contribution >= 4 is 17.6 Å². The van der Waals surface area contributed by atoms with Crippen LogP contribution in [0, 0.1) is 17.8 Å². The summed E-state index contributed by atoms with van der Waals surface area (Å²) in [7, 11) is 0. The Kier molecular flexibility index (Phi) is 16.4. The number of Topliss-reactive ketones (excluding diaryl/α,β-unsaturated/α-hetero) is 1. The quantitative estimate of drug-likeness (QED) is 0.527. The zero-order chi connectivity index (χ0) is 22.9. The van der Waals surface area contributed by atoms with E-state index in [4.69, 9.17) is 16.2 Å². The molecule has 0 radical (unpaired) electrons. The number of carbonyl (C=O) groups excluding carboxylic acids is 3. The summed E-state index contributed by atoms with van der Waals surface area (Å²) in [6.07, 6.45) is 14.2. The molecule has 0 heterocycles. The van der Waals surface area contributed by atoms with Crippen LogP contribution in [0.25, 0.3) is 0 Å². The van der Waals surface area contributed by atoms with Gasteiger partial charge in [0.1, 0.15) is 5.78 Å². The maximum atomic E-state index is 11.5. The number of primary amides is 2. The molecule has 2 fully saturated rings. The molecular weight excluding hydrogens is 380 g/mol. The number of rotatable bonds is 8. The summed E-state index contributed by atoms with van der Waals surface area (Å²) in [6.45, 7) is 8.24. The number of hydrogen-bond donors (Lipinski definition) is 2. The molecule has 2 rings (SSSR count). The molecule has 0 aliphatic heterocycles. The second-order valence-corrected chi connectivity index (χ2v) is 9.15. The average molecular weight is 431 g/mol. The number of ketones is 1. The summed E-state index contributed by atoms with van der Waals surface area (Å²) in [6, 6.07) is 0. The van der Waals surface area contributed by atoms with Crippen LogP contribution >= 0.6 is 0 Å².